The molecule has 5 rings (SSSR count). The molecule has 2 N–H and O–H groups in total. The highest BCUT2D eigenvalue weighted by Gasteiger charge is 2.35. The lowest BCUT2D eigenvalue weighted by molar-refractivity contribution is 0.0987. The Morgan fingerprint density at radius 3 is 2.90 bits per heavy atom. The van der Waals surface area contributed by atoms with E-state index in [-0.39, 0.29) is 17.3 Å². The number of amides is 1. The average molecular weight is 392 g/mol. The van der Waals surface area contributed by atoms with Gasteiger partial charge in [-0.3, -0.25) is 19.5 Å². The van der Waals surface area contributed by atoms with Gasteiger partial charge in [0.05, 0.1) is 12.2 Å². The van der Waals surface area contributed by atoms with Crippen LogP contribution in [-0.4, -0.2) is 43.6 Å². The van der Waals surface area contributed by atoms with Gasteiger partial charge in [0.15, 0.2) is 0 Å². The number of carbonyl (C=O) groups is 1. The number of piperidine rings is 1. The Kier molecular flexibility index (Phi) is 4.24. The van der Waals surface area contributed by atoms with E-state index in [4.69, 9.17) is 10.3 Å². The van der Waals surface area contributed by atoms with E-state index in [2.05, 4.69) is 26.1 Å². The summed E-state index contributed by atoms with van der Waals surface area (Å²) >= 11 is 0. The van der Waals surface area contributed by atoms with E-state index in [0.29, 0.717) is 24.9 Å². The minimum atomic E-state index is -0.703. The van der Waals surface area contributed by atoms with E-state index >= 15 is 0 Å². The highest BCUT2D eigenvalue weighted by molar-refractivity contribution is 5.88. The fourth-order valence-corrected chi connectivity index (χ4v) is 4.48. The summed E-state index contributed by atoms with van der Waals surface area (Å²) in [6.07, 6.45) is 2.77. The van der Waals surface area contributed by atoms with Crippen molar-refractivity contribution in [1.82, 2.24) is 24.6 Å². The molecule has 9 nitrogen and oxygen atoms in total. The normalized spacial score (nSPS) is 21.0. The van der Waals surface area contributed by atoms with Crippen molar-refractivity contribution in [3.63, 3.8) is 0 Å². The predicted molar refractivity (Wildman–Crippen MR) is 103 cm³/mol. The second-order valence-electron chi connectivity index (χ2n) is 7.70. The smallest absolute Gasteiger partial charge is 0.290 e. The first-order valence-electron chi connectivity index (χ1n) is 9.58. The Morgan fingerprint density at radius 2 is 2.14 bits per heavy atom. The van der Waals surface area contributed by atoms with E-state index in [0.717, 1.165) is 36.5 Å². The number of carbonyl (C=O) groups excluding carboxylic acids is 1. The Labute approximate surface area is 166 Å². The summed E-state index contributed by atoms with van der Waals surface area (Å²) in [5.41, 5.74) is 7.90. The summed E-state index contributed by atoms with van der Waals surface area (Å²) in [5.74, 6) is 0.175. The Hall–Kier alpha value is -3.33. The Morgan fingerprint density at radius 1 is 1.24 bits per heavy atom. The summed E-state index contributed by atoms with van der Waals surface area (Å²) in [5, 5.41) is 3.61. The molecule has 2 bridgehead atoms. The lowest BCUT2D eigenvalue weighted by atomic mass is 9.82. The first-order chi connectivity index (χ1) is 14.1. The van der Waals surface area contributed by atoms with Gasteiger partial charge in [0, 0.05) is 49.1 Å². The molecule has 3 aromatic rings. The van der Waals surface area contributed by atoms with Crippen molar-refractivity contribution in [2.75, 3.05) is 13.1 Å². The number of fused-ring (bicyclic) bond motifs is 4. The molecule has 0 spiro atoms. The van der Waals surface area contributed by atoms with Crippen LogP contribution in [0.5, 0.6) is 0 Å². The number of aromatic nitrogens is 4. The van der Waals surface area contributed by atoms with Crippen LogP contribution >= 0.6 is 0 Å². The molecular formula is C20H20N6O3. The van der Waals surface area contributed by atoms with Crippen LogP contribution in [0, 0.1) is 5.92 Å². The minimum absolute atomic E-state index is 0.0225. The lowest BCUT2D eigenvalue weighted by Crippen LogP contribution is -2.46. The zero-order chi connectivity index (χ0) is 20.0. The summed E-state index contributed by atoms with van der Waals surface area (Å²) < 4.78 is 7.05. The summed E-state index contributed by atoms with van der Waals surface area (Å²) in [4.78, 5) is 34.6. The van der Waals surface area contributed by atoms with E-state index < -0.39 is 5.91 Å². The standard InChI is InChI=1S/C20H20N6O3/c21-19(28)20-23-17(29-24-20)11-25-8-12-5-14(10-25)16-6-13(7-18(27)26(16)9-12)15-3-1-2-4-22-15/h1-4,6-7,12,14H,5,8-11H2,(H2,21,28)/t12-,14+/m0/s1. The van der Waals surface area contributed by atoms with Gasteiger partial charge in [0.1, 0.15) is 0 Å². The van der Waals surface area contributed by atoms with E-state index in [1.165, 1.54) is 0 Å². The number of hydrogen-bond donors (Lipinski definition) is 1. The van der Waals surface area contributed by atoms with Gasteiger partial charge in [-0.05, 0) is 30.5 Å². The lowest BCUT2D eigenvalue weighted by Gasteiger charge is -2.42. The first kappa shape index (κ1) is 17.7. The molecule has 0 aliphatic carbocycles. The Balaban J connectivity index is 1.42. The van der Waals surface area contributed by atoms with Crippen molar-refractivity contribution in [3.8, 4) is 11.3 Å². The number of nitrogens with zero attached hydrogens (tertiary/aromatic N) is 5. The molecule has 2 aliphatic heterocycles. The number of likely N-dealkylation sites (tertiary alicyclic amines) is 1. The summed E-state index contributed by atoms with van der Waals surface area (Å²) in [6.45, 7) is 2.76. The quantitative estimate of drug-likeness (QED) is 0.703. The largest absolute Gasteiger partial charge is 0.363 e. The number of rotatable bonds is 4. The maximum atomic E-state index is 12.8. The van der Waals surface area contributed by atoms with Crippen molar-refractivity contribution in [1.29, 1.82) is 0 Å². The zero-order valence-corrected chi connectivity index (χ0v) is 15.7. The van der Waals surface area contributed by atoms with Crippen LogP contribution in [0.25, 0.3) is 11.3 Å². The molecule has 0 unspecified atom stereocenters. The van der Waals surface area contributed by atoms with Crippen molar-refractivity contribution in [3.05, 3.63) is 64.3 Å². The fraction of sp³-hybridized carbons (Fsp3) is 0.350. The molecule has 9 heteroatoms. The molecule has 3 aromatic heterocycles. The van der Waals surface area contributed by atoms with Gasteiger partial charge in [0.2, 0.25) is 5.89 Å². The van der Waals surface area contributed by atoms with Crippen molar-refractivity contribution in [2.45, 2.75) is 25.4 Å². The molecular weight excluding hydrogens is 372 g/mol. The molecule has 1 saturated heterocycles. The number of hydrogen-bond acceptors (Lipinski definition) is 7. The van der Waals surface area contributed by atoms with Gasteiger partial charge >= 0.3 is 0 Å². The molecule has 2 aliphatic rings. The van der Waals surface area contributed by atoms with Crippen LogP contribution in [-0.2, 0) is 13.1 Å². The van der Waals surface area contributed by atoms with E-state index in [1.54, 1.807) is 12.3 Å². The zero-order valence-electron chi connectivity index (χ0n) is 15.7. The van der Waals surface area contributed by atoms with Gasteiger partial charge in [-0.1, -0.05) is 11.2 Å². The SMILES string of the molecule is NC(=O)c1noc(CN2C[C@@H]3C[C@H](C2)c2cc(-c4ccccn4)cc(=O)n2C3)n1. The van der Waals surface area contributed by atoms with Crippen molar-refractivity contribution >= 4 is 5.91 Å². The third-order valence-electron chi connectivity index (χ3n) is 5.64. The Bertz CT molecular complexity index is 1120. The first-order valence-corrected chi connectivity index (χ1v) is 9.58. The van der Waals surface area contributed by atoms with Crippen LogP contribution in [0.1, 0.15) is 34.5 Å². The third-order valence-corrected chi connectivity index (χ3v) is 5.64. The summed E-state index contributed by atoms with van der Waals surface area (Å²) in [7, 11) is 0. The molecule has 0 saturated carbocycles. The highest BCUT2D eigenvalue weighted by Crippen LogP contribution is 2.36. The maximum absolute atomic E-state index is 12.8. The van der Waals surface area contributed by atoms with Gasteiger partial charge in [-0.15, -0.1) is 0 Å². The van der Waals surface area contributed by atoms with Gasteiger partial charge in [0.25, 0.3) is 17.3 Å². The number of primary amides is 1. The van der Waals surface area contributed by atoms with Gasteiger partial charge in [-0.2, -0.15) is 4.98 Å². The van der Waals surface area contributed by atoms with E-state index in [1.807, 2.05) is 22.8 Å². The monoisotopic (exact) mass is 392 g/mol. The topological polar surface area (TPSA) is 120 Å². The number of nitrogens with two attached hydrogens (primary N) is 1. The molecule has 1 fully saturated rings. The third kappa shape index (κ3) is 3.33. The number of pyridine rings is 2. The van der Waals surface area contributed by atoms with E-state index in [9.17, 15) is 9.59 Å². The highest BCUT2D eigenvalue weighted by atomic mass is 16.5. The molecule has 0 aromatic carbocycles. The van der Waals surface area contributed by atoms with Crippen LogP contribution in [0.15, 0.2) is 45.8 Å². The minimum Gasteiger partial charge on any atom is -0.363 e. The van der Waals surface area contributed by atoms with Crippen molar-refractivity contribution in [2.24, 2.45) is 11.7 Å². The van der Waals surface area contributed by atoms with Crippen LogP contribution in [0.4, 0.5) is 0 Å². The second kappa shape index (κ2) is 6.93. The fourth-order valence-electron chi connectivity index (χ4n) is 4.48. The summed E-state index contributed by atoms with van der Waals surface area (Å²) in [6, 6.07) is 9.46. The molecule has 2 atom stereocenters. The molecule has 0 radical (unpaired) electrons. The molecule has 1 amide bonds. The molecule has 5 heterocycles. The van der Waals surface area contributed by atoms with Crippen LogP contribution in [0.2, 0.25) is 0 Å². The van der Waals surface area contributed by atoms with Gasteiger partial charge < -0.3 is 14.8 Å². The second-order valence-corrected chi connectivity index (χ2v) is 7.70. The molecule has 29 heavy (non-hydrogen) atoms. The maximum Gasteiger partial charge on any atom is 0.290 e. The van der Waals surface area contributed by atoms with Gasteiger partial charge in [-0.25, -0.2) is 0 Å². The van der Waals surface area contributed by atoms with Crippen LogP contribution < -0.4 is 11.3 Å². The predicted octanol–water partition coefficient (Wildman–Crippen LogP) is 1.01. The van der Waals surface area contributed by atoms with Crippen LogP contribution in [0.3, 0.4) is 0 Å². The average Bonchev–Trinajstić information content (AvgIpc) is 3.18. The molecule has 148 valence electrons. The van der Waals surface area contributed by atoms with Crippen molar-refractivity contribution < 1.29 is 9.32 Å².